The lowest BCUT2D eigenvalue weighted by molar-refractivity contribution is -0.143. The van der Waals surface area contributed by atoms with Gasteiger partial charge in [-0.2, -0.15) is 0 Å². The molecule has 1 aliphatic rings. The first-order valence-corrected chi connectivity index (χ1v) is 5.00. The lowest BCUT2D eigenvalue weighted by atomic mass is 9.81. The molecule has 1 aliphatic heterocycles. The van der Waals surface area contributed by atoms with Gasteiger partial charge in [-0.05, 0) is 38.4 Å². The molecule has 82 valence electrons. The zero-order valence-corrected chi connectivity index (χ0v) is 8.95. The molecule has 0 aromatic carbocycles. The number of carboxylic acids is 1. The predicted octanol–water partition coefficient (Wildman–Crippen LogP) is 0.819. The molecule has 0 spiro atoms. The fraction of sp³-hybridized carbons (Fsp3) is 0.900. The van der Waals surface area contributed by atoms with Crippen molar-refractivity contribution in [3.8, 4) is 0 Å². The maximum Gasteiger partial charge on any atom is 0.329 e. The Balaban J connectivity index is 2.25. The van der Waals surface area contributed by atoms with E-state index in [0.29, 0.717) is 6.61 Å². The highest BCUT2D eigenvalue weighted by molar-refractivity contribution is 5.67. The van der Waals surface area contributed by atoms with Gasteiger partial charge >= 0.3 is 5.97 Å². The minimum atomic E-state index is -0.887. The van der Waals surface area contributed by atoms with Crippen molar-refractivity contribution in [3.63, 3.8) is 0 Å². The number of hydrogen-bond donors (Lipinski definition) is 1. The zero-order chi connectivity index (χ0) is 10.6. The molecule has 1 heterocycles. The number of carboxylic acid groups (broad SMARTS) is 1. The van der Waals surface area contributed by atoms with Crippen LogP contribution in [0, 0.1) is 5.41 Å². The largest absolute Gasteiger partial charge is 0.480 e. The molecule has 0 unspecified atom stereocenters. The van der Waals surface area contributed by atoms with Crippen LogP contribution in [0.4, 0.5) is 0 Å². The van der Waals surface area contributed by atoms with Crippen molar-refractivity contribution in [1.82, 2.24) is 4.90 Å². The second-order valence-corrected chi connectivity index (χ2v) is 4.50. The van der Waals surface area contributed by atoms with Crippen LogP contribution in [0.5, 0.6) is 0 Å². The zero-order valence-electron chi connectivity index (χ0n) is 8.95. The van der Waals surface area contributed by atoms with Gasteiger partial charge in [0, 0.05) is 0 Å². The third kappa shape index (κ3) is 3.64. The van der Waals surface area contributed by atoms with Gasteiger partial charge in [0.25, 0.3) is 0 Å². The molecule has 1 saturated heterocycles. The molecule has 0 radical (unpaired) electrons. The first-order valence-electron chi connectivity index (χ1n) is 5.00. The summed E-state index contributed by atoms with van der Waals surface area (Å²) in [5.41, 5.74) is 0.169. The Bertz CT molecular complexity index is 198. The van der Waals surface area contributed by atoms with Gasteiger partial charge in [0.15, 0.2) is 0 Å². The second-order valence-electron chi connectivity index (χ2n) is 4.50. The van der Waals surface area contributed by atoms with E-state index >= 15 is 0 Å². The molecule has 0 aromatic rings. The summed E-state index contributed by atoms with van der Waals surface area (Å²) in [6, 6.07) is 0. The van der Waals surface area contributed by atoms with Crippen LogP contribution in [0.3, 0.4) is 0 Å². The smallest absolute Gasteiger partial charge is 0.329 e. The minimum Gasteiger partial charge on any atom is -0.480 e. The van der Waals surface area contributed by atoms with Crippen LogP contribution in [-0.4, -0.2) is 49.3 Å². The minimum absolute atomic E-state index is 0.169. The first kappa shape index (κ1) is 11.5. The summed E-state index contributed by atoms with van der Waals surface area (Å²) in [6.45, 7) is 4.71. The van der Waals surface area contributed by atoms with E-state index in [9.17, 15) is 4.79 Å². The molecule has 0 bridgehead atoms. The van der Waals surface area contributed by atoms with Gasteiger partial charge in [0.1, 0.15) is 6.61 Å². The summed E-state index contributed by atoms with van der Waals surface area (Å²) >= 11 is 0. The molecule has 4 heteroatoms. The predicted molar refractivity (Wildman–Crippen MR) is 53.3 cm³/mol. The van der Waals surface area contributed by atoms with Crippen LogP contribution in [0.2, 0.25) is 0 Å². The number of nitrogens with zero attached hydrogens (tertiary/aromatic N) is 1. The number of likely N-dealkylation sites (tertiary alicyclic amines) is 1. The SMILES string of the molecule is CN1CCC(C)(COCC(=O)O)CC1. The number of piperidine rings is 1. The molecule has 0 aliphatic carbocycles. The van der Waals surface area contributed by atoms with Gasteiger partial charge in [-0.25, -0.2) is 4.79 Å². The molecule has 1 fully saturated rings. The third-order valence-corrected chi connectivity index (χ3v) is 2.87. The number of rotatable bonds is 4. The standard InChI is InChI=1S/C10H19NO3/c1-10(8-14-7-9(12)13)3-5-11(2)6-4-10/h3-8H2,1-2H3,(H,12,13). The van der Waals surface area contributed by atoms with Crippen molar-refractivity contribution < 1.29 is 14.6 Å². The van der Waals surface area contributed by atoms with Gasteiger partial charge in [0.2, 0.25) is 0 Å². The molecular weight excluding hydrogens is 182 g/mol. The van der Waals surface area contributed by atoms with Crippen LogP contribution in [-0.2, 0) is 9.53 Å². The van der Waals surface area contributed by atoms with E-state index in [2.05, 4.69) is 18.9 Å². The molecule has 4 nitrogen and oxygen atoms in total. The maximum atomic E-state index is 10.3. The van der Waals surface area contributed by atoms with Gasteiger partial charge in [0.05, 0.1) is 6.61 Å². The summed E-state index contributed by atoms with van der Waals surface area (Å²) in [7, 11) is 2.11. The maximum absolute atomic E-state index is 10.3. The van der Waals surface area contributed by atoms with E-state index in [0.717, 1.165) is 25.9 Å². The van der Waals surface area contributed by atoms with Crippen LogP contribution in [0.15, 0.2) is 0 Å². The van der Waals surface area contributed by atoms with E-state index in [-0.39, 0.29) is 12.0 Å². The Morgan fingerprint density at radius 2 is 2.07 bits per heavy atom. The second kappa shape index (κ2) is 4.75. The number of aliphatic carboxylic acids is 1. The van der Waals surface area contributed by atoms with Crippen molar-refractivity contribution >= 4 is 5.97 Å². The molecule has 0 saturated carbocycles. The van der Waals surface area contributed by atoms with Crippen LogP contribution in [0.25, 0.3) is 0 Å². The Hall–Kier alpha value is -0.610. The Morgan fingerprint density at radius 3 is 2.57 bits per heavy atom. The normalized spacial score (nSPS) is 22.1. The summed E-state index contributed by atoms with van der Waals surface area (Å²) < 4.78 is 5.15. The van der Waals surface area contributed by atoms with Crippen molar-refractivity contribution in [2.45, 2.75) is 19.8 Å². The van der Waals surface area contributed by atoms with E-state index < -0.39 is 5.97 Å². The first-order chi connectivity index (χ1) is 6.52. The fourth-order valence-corrected chi connectivity index (χ4v) is 1.69. The van der Waals surface area contributed by atoms with E-state index in [1.165, 1.54) is 0 Å². The van der Waals surface area contributed by atoms with Gasteiger partial charge in [-0.15, -0.1) is 0 Å². The van der Waals surface area contributed by atoms with Crippen LogP contribution in [0.1, 0.15) is 19.8 Å². The van der Waals surface area contributed by atoms with Crippen LogP contribution < -0.4 is 0 Å². The molecular formula is C10H19NO3. The third-order valence-electron chi connectivity index (χ3n) is 2.87. The number of hydrogen-bond acceptors (Lipinski definition) is 3. The highest BCUT2D eigenvalue weighted by Crippen LogP contribution is 2.30. The van der Waals surface area contributed by atoms with Gasteiger partial charge in [-0.3, -0.25) is 0 Å². The summed E-state index contributed by atoms with van der Waals surface area (Å²) in [6.07, 6.45) is 2.17. The lowest BCUT2D eigenvalue weighted by Crippen LogP contribution is -2.39. The van der Waals surface area contributed by atoms with Crippen molar-refractivity contribution in [2.24, 2.45) is 5.41 Å². The molecule has 1 N–H and O–H groups in total. The van der Waals surface area contributed by atoms with Gasteiger partial charge in [-0.1, -0.05) is 6.92 Å². The fourth-order valence-electron chi connectivity index (χ4n) is 1.69. The van der Waals surface area contributed by atoms with Crippen molar-refractivity contribution in [1.29, 1.82) is 0 Å². The van der Waals surface area contributed by atoms with Crippen molar-refractivity contribution in [3.05, 3.63) is 0 Å². The Labute approximate surface area is 84.8 Å². The van der Waals surface area contributed by atoms with E-state index in [1.54, 1.807) is 0 Å². The van der Waals surface area contributed by atoms with Gasteiger partial charge < -0.3 is 14.7 Å². The summed E-state index contributed by atoms with van der Waals surface area (Å²) in [5.74, 6) is -0.887. The monoisotopic (exact) mass is 201 g/mol. The quantitative estimate of drug-likeness (QED) is 0.731. The average molecular weight is 201 g/mol. The molecule has 1 rings (SSSR count). The molecule has 0 atom stereocenters. The highest BCUT2D eigenvalue weighted by atomic mass is 16.5. The summed E-state index contributed by atoms with van der Waals surface area (Å²) in [5, 5.41) is 8.44. The Kier molecular flexibility index (Phi) is 3.89. The highest BCUT2D eigenvalue weighted by Gasteiger charge is 2.29. The van der Waals surface area contributed by atoms with Crippen LogP contribution >= 0.6 is 0 Å². The molecule has 14 heavy (non-hydrogen) atoms. The van der Waals surface area contributed by atoms with E-state index in [1.807, 2.05) is 0 Å². The number of carbonyl (C=O) groups is 1. The number of ether oxygens (including phenoxy) is 1. The summed E-state index contributed by atoms with van der Waals surface area (Å²) in [4.78, 5) is 12.6. The topological polar surface area (TPSA) is 49.8 Å². The van der Waals surface area contributed by atoms with Crippen molar-refractivity contribution in [2.75, 3.05) is 33.4 Å². The average Bonchev–Trinajstić information content (AvgIpc) is 2.10. The molecule has 0 aromatic heterocycles. The Morgan fingerprint density at radius 1 is 1.50 bits per heavy atom. The van der Waals surface area contributed by atoms with E-state index in [4.69, 9.17) is 9.84 Å². The lowest BCUT2D eigenvalue weighted by Gasteiger charge is -2.37. The molecule has 0 amide bonds.